The van der Waals surface area contributed by atoms with E-state index in [1.807, 2.05) is 38.1 Å². The van der Waals surface area contributed by atoms with Crippen molar-refractivity contribution in [3.63, 3.8) is 0 Å². The van der Waals surface area contributed by atoms with Crippen molar-refractivity contribution >= 4 is 33.3 Å². The molecule has 2 heterocycles. The Balaban J connectivity index is 1.54. The number of anilines is 1. The fourth-order valence-corrected chi connectivity index (χ4v) is 3.91. The van der Waals surface area contributed by atoms with Crippen LogP contribution in [0, 0.1) is 6.92 Å². The van der Waals surface area contributed by atoms with Gasteiger partial charge in [0.05, 0.1) is 12.9 Å². The molecule has 0 fully saturated rings. The molecule has 8 heteroatoms. The van der Waals surface area contributed by atoms with Crippen LogP contribution >= 0.6 is 11.5 Å². The maximum atomic E-state index is 12.8. The Morgan fingerprint density at radius 1 is 1.20 bits per heavy atom. The number of benzene rings is 2. The van der Waals surface area contributed by atoms with Gasteiger partial charge in [-0.1, -0.05) is 23.8 Å². The predicted octanol–water partition coefficient (Wildman–Crippen LogP) is 3.87. The second-order valence-corrected chi connectivity index (χ2v) is 7.53. The van der Waals surface area contributed by atoms with Crippen LogP contribution in [-0.4, -0.2) is 26.4 Å². The van der Waals surface area contributed by atoms with E-state index in [1.165, 1.54) is 10.9 Å². The van der Waals surface area contributed by atoms with E-state index in [-0.39, 0.29) is 18.0 Å². The van der Waals surface area contributed by atoms with Gasteiger partial charge in [0.15, 0.2) is 0 Å². The van der Waals surface area contributed by atoms with Crippen molar-refractivity contribution in [2.24, 2.45) is 0 Å². The number of amides is 1. The molecule has 7 nitrogen and oxygen atoms in total. The number of ether oxygens (including phenoxy) is 1. The summed E-state index contributed by atoms with van der Waals surface area (Å²) in [5, 5.41) is 2.78. The highest BCUT2D eigenvalue weighted by Gasteiger charge is 2.15. The zero-order valence-corrected chi connectivity index (χ0v) is 17.4. The third-order valence-corrected chi connectivity index (χ3v) is 5.33. The third-order valence-electron chi connectivity index (χ3n) is 4.50. The average molecular weight is 420 g/mol. The molecule has 0 aliphatic rings. The second-order valence-electron chi connectivity index (χ2n) is 6.76. The number of nitrogens with one attached hydrogen (secondary N) is 1. The average Bonchev–Trinajstić information content (AvgIpc) is 3.17. The van der Waals surface area contributed by atoms with Crippen molar-refractivity contribution in [2.45, 2.75) is 20.4 Å². The summed E-state index contributed by atoms with van der Waals surface area (Å²) in [6.07, 6.45) is 1.40. The molecule has 4 aromatic rings. The van der Waals surface area contributed by atoms with Crippen molar-refractivity contribution in [1.29, 1.82) is 0 Å². The normalized spacial score (nSPS) is 10.9. The van der Waals surface area contributed by atoms with Crippen molar-refractivity contribution < 1.29 is 9.53 Å². The molecule has 30 heavy (non-hydrogen) atoms. The van der Waals surface area contributed by atoms with E-state index in [9.17, 15) is 9.59 Å². The summed E-state index contributed by atoms with van der Waals surface area (Å²) in [5.41, 5.74) is 3.61. The Labute approximate surface area is 177 Å². The molecule has 2 aromatic carbocycles. The largest absolute Gasteiger partial charge is 0.494 e. The Hall–Kier alpha value is -3.52. The smallest absolute Gasteiger partial charge is 0.273 e. The van der Waals surface area contributed by atoms with Gasteiger partial charge in [-0.05, 0) is 55.7 Å². The Morgan fingerprint density at radius 2 is 2.00 bits per heavy atom. The van der Waals surface area contributed by atoms with Gasteiger partial charge in [0.25, 0.3) is 5.56 Å². The second kappa shape index (κ2) is 8.46. The van der Waals surface area contributed by atoms with Crippen LogP contribution in [-0.2, 0) is 11.3 Å². The van der Waals surface area contributed by atoms with E-state index in [0.717, 1.165) is 28.4 Å². The molecular weight excluding hydrogens is 400 g/mol. The first-order valence-corrected chi connectivity index (χ1v) is 10.3. The fourth-order valence-electron chi connectivity index (χ4n) is 3.11. The minimum absolute atomic E-state index is 0.132. The van der Waals surface area contributed by atoms with E-state index in [0.29, 0.717) is 28.2 Å². The number of hydrogen-bond acceptors (Lipinski definition) is 6. The highest BCUT2D eigenvalue weighted by atomic mass is 32.1. The number of fused-ring (bicyclic) bond motifs is 1. The molecule has 0 unspecified atom stereocenters. The molecular formula is C22H20N4O3S. The molecule has 0 spiro atoms. The van der Waals surface area contributed by atoms with Crippen LogP contribution in [0.4, 0.5) is 5.69 Å². The maximum absolute atomic E-state index is 12.8. The molecule has 1 N–H and O–H groups in total. The van der Waals surface area contributed by atoms with E-state index in [4.69, 9.17) is 4.74 Å². The molecule has 1 amide bonds. The van der Waals surface area contributed by atoms with E-state index < -0.39 is 0 Å². The molecule has 0 aliphatic carbocycles. The van der Waals surface area contributed by atoms with Crippen LogP contribution in [0.15, 0.2) is 59.7 Å². The Kier molecular flexibility index (Phi) is 5.58. The van der Waals surface area contributed by atoms with E-state index in [2.05, 4.69) is 14.7 Å². The number of aromatic nitrogens is 3. The lowest BCUT2D eigenvalue weighted by Crippen LogP contribution is -2.27. The van der Waals surface area contributed by atoms with Gasteiger partial charge in [-0.15, -0.1) is 0 Å². The van der Waals surface area contributed by atoms with Gasteiger partial charge in [0.1, 0.15) is 28.2 Å². The van der Waals surface area contributed by atoms with Crippen molar-refractivity contribution in [1.82, 2.24) is 13.9 Å². The highest BCUT2D eigenvalue weighted by Crippen LogP contribution is 2.27. The summed E-state index contributed by atoms with van der Waals surface area (Å²) in [6.45, 7) is 4.35. The zero-order valence-electron chi connectivity index (χ0n) is 16.6. The quantitative estimate of drug-likeness (QED) is 0.512. The number of nitrogens with zero attached hydrogens (tertiary/aromatic N) is 3. The fraction of sp³-hybridized carbons (Fsp3) is 0.182. The van der Waals surface area contributed by atoms with Crippen molar-refractivity contribution in [2.75, 3.05) is 11.9 Å². The molecule has 0 saturated heterocycles. The SMILES string of the molecule is CCOc1ccc(NC(=O)Cn2cnc3c(-c4cccc(C)c4)nsc3c2=O)cc1. The summed E-state index contributed by atoms with van der Waals surface area (Å²) >= 11 is 1.10. The van der Waals surface area contributed by atoms with Crippen molar-refractivity contribution in [3.05, 3.63) is 70.8 Å². The lowest BCUT2D eigenvalue weighted by molar-refractivity contribution is -0.116. The summed E-state index contributed by atoms with van der Waals surface area (Å²) in [4.78, 5) is 29.7. The molecule has 152 valence electrons. The number of rotatable bonds is 6. The minimum atomic E-state index is -0.314. The first-order chi connectivity index (χ1) is 14.5. The van der Waals surface area contributed by atoms with E-state index in [1.54, 1.807) is 24.3 Å². The first-order valence-electron chi connectivity index (χ1n) is 9.49. The number of hydrogen-bond donors (Lipinski definition) is 1. The number of aryl methyl sites for hydroxylation is 1. The van der Waals surface area contributed by atoms with Gasteiger partial charge < -0.3 is 10.1 Å². The minimum Gasteiger partial charge on any atom is -0.494 e. The summed E-state index contributed by atoms with van der Waals surface area (Å²) in [7, 11) is 0. The predicted molar refractivity (Wildman–Crippen MR) is 118 cm³/mol. The van der Waals surface area contributed by atoms with Gasteiger partial charge in [-0.3, -0.25) is 14.2 Å². The van der Waals surface area contributed by atoms with Crippen LogP contribution in [0.2, 0.25) is 0 Å². The van der Waals surface area contributed by atoms with Crippen LogP contribution in [0.5, 0.6) is 5.75 Å². The zero-order chi connectivity index (χ0) is 21.1. The Morgan fingerprint density at radius 3 is 2.73 bits per heavy atom. The van der Waals surface area contributed by atoms with Gasteiger partial charge >= 0.3 is 0 Å². The standard InChI is InChI=1S/C22H20N4O3S/c1-3-29-17-9-7-16(8-10-17)24-18(27)12-26-13-23-20-19(25-30-21(20)22(26)28)15-6-4-5-14(2)11-15/h4-11,13H,3,12H2,1-2H3,(H,24,27). The molecule has 2 aromatic heterocycles. The summed E-state index contributed by atoms with van der Waals surface area (Å²) in [5.74, 6) is 0.418. The van der Waals surface area contributed by atoms with Crippen LogP contribution in [0.25, 0.3) is 21.5 Å². The molecule has 0 saturated carbocycles. The topological polar surface area (TPSA) is 86.1 Å². The van der Waals surface area contributed by atoms with Crippen LogP contribution < -0.4 is 15.6 Å². The van der Waals surface area contributed by atoms with Gasteiger partial charge in [-0.25, -0.2) is 4.98 Å². The lowest BCUT2D eigenvalue weighted by Gasteiger charge is -2.08. The maximum Gasteiger partial charge on any atom is 0.273 e. The van der Waals surface area contributed by atoms with Crippen LogP contribution in [0.1, 0.15) is 12.5 Å². The molecule has 0 atom stereocenters. The first kappa shape index (κ1) is 19.8. The Bertz CT molecular complexity index is 1260. The van der Waals surface area contributed by atoms with Gasteiger partial charge in [-0.2, -0.15) is 4.37 Å². The van der Waals surface area contributed by atoms with Gasteiger partial charge in [0.2, 0.25) is 5.91 Å². The molecule has 0 bridgehead atoms. The summed E-state index contributed by atoms with van der Waals surface area (Å²) < 4.78 is 11.5. The van der Waals surface area contributed by atoms with Gasteiger partial charge in [0, 0.05) is 11.3 Å². The molecule has 4 rings (SSSR count). The van der Waals surface area contributed by atoms with Crippen LogP contribution in [0.3, 0.4) is 0 Å². The molecule has 0 radical (unpaired) electrons. The number of carbonyl (C=O) groups is 1. The molecule has 0 aliphatic heterocycles. The number of carbonyl (C=O) groups excluding carboxylic acids is 1. The highest BCUT2D eigenvalue weighted by molar-refractivity contribution is 7.13. The van der Waals surface area contributed by atoms with E-state index >= 15 is 0 Å². The third kappa shape index (κ3) is 4.08. The van der Waals surface area contributed by atoms with Crippen molar-refractivity contribution in [3.8, 4) is 17.0 Å². The monoisotopic (exact) mass is 420 g/mol. The lowest BCUT2D eigenvalue weighted by atomic mass is 10.1. The summed E-state index contributed by atoms with van der Waals surface area (Å²) in [6, 6.07) is 15.0.